The zero-order valence-electron chi connectivity index (χ0n) is 19.0. The number of aliphatic carboxylic acids is 1. The molecule has 1 aromatic carbocycles. The van der Waals surface area contributed by atoms with Crippen molar-refractivity contribution >= 4 is 23.2 Å². The molecule has 1 aliphatic heterocycles. The highest BCUT2D eigenvalue weighted by Gasteiger charge is 2.38. The first-order valence-electron chi connectivity index (χ1n) is 11.2. The number of thiophene rings is 1. The van der Waals surface area contributed by atoms with Gasteiger partial charge in [0.2, 0.25) is 5.91 Å². The predicted molar refractivity (Wildman–Crippen MR) is 125 cm³/mol. The normalized spacial score (nSPS) is 17.5. The van der Waals surface area contributed by atoms with Gasteiger partial charge in [0, 0.05) is 29.2 Å². The highest BCUT2D eigenvalue weighted by molar-refractivity contribution is 7.12. The summed E-state index contributed by atoms with van der Waals surface area (Å²) in [5.41, 5.74) is 2.47. The molecule has 2 N–H and O–H groups in total. The highest BCUT2D eigenvalue weighted by Crippen LogP contribution is 2.44. The summed E-state index contributed by atoms with van der Waals surface area (Å²) in [5, 5.41) is 11.6. The zero-order valence-corrected chi connectivity index (χ0v) is 19.8. The number of carbonyl (C=O) groups is 2. The summed E-state index contributed by atoms with van der Waals surface area (Å²) in [6, 6.07) is 10.0. The van der Waals surface area contributed by atoms with Gasteiger partial charge >= 0.3 is 12.1 Å². The van der Waals surface area contributed by atoms with E-state index in [1.807, 2.05) is 13.0 Å². The van der Waals surface area contributed by atoms with Gasteiger partial charge in [0.05, 0.1) is 18.9 Å². The molecule has 1 unspecified atom stereocenters. The number of rotatable bonds is 9. The summed E-state index contributed by atoms with van der Waals surface area (Å²) in [5.74, 6) is -0.668. The Balaban J connectivity index is 1.40. The van der Waals surface area contributed by atoms with Crippen LogP contribution in [0.4, 0.5) is 13.2 Å². The highest BCUT2D eigenvalue weighted by atomic mass is 32.1. The third-order valence-corrected chi connectivity index (χ3v) is 7.13. The van der Waals surface area contributed by atoms with Crippen LogP contribution in [0.1, 0.15) is 29.5 Å². The molecule has 35 heavy (non-hydrogen) atoms. The van der Waals surface area contributed by atoms with Crippen LogP contribution >= 0.6 is 11.3 Å². The quantitative estimate of drug-likeness (QED) is 0.466. The third-order valence-electron chi connectivity index (χ3n) is 5.98. The van der Waals surface area contributed by atoms with Crippen LogP contribution in [0.2, 0.25) is 0 Å². The van der Waals surface area contributed by atoms with Gasteiger partial charge in [-0.15, -0.1) is 11.3 Å². The van der Waals surface area contributed by atoms with E-state index in [0.29, 0.717) is 40.5 Å². The molecular formula is C25H25F3N2O4S. The van der Waals surface area contributed by atoms with E-state index in [1.165, 1.54) is 6.07 Å². The van der Waals surface area contributed by atoms with Crippen LogP contribution in [0.15, 0.2) is 59.5 Å². The average molecular weight is 507 g/mol. The van der Waals surface area contributed by atoms with Gasteiger partial charge in [-0.2, -0.15) is 13.2 Å². The Morgan fingerprint density at radius 1 is 1.26 bits per heavy atom. The number of amides is 1. The lowest BCUT2D eigenvalue weighted by Crippen LogP contribution is -2.38. The van der Waals surface area contributed by atoms with Crippen molar-refractivity contribution in [2.24, 2.45) is 5.92 Å². The van der Waals surface area contributed by atoms with Gasteiger partial charge in [-0.1, -0.05) is 30.3 Å². The number of nitrogens with zero attached hydrogens (tertiary/aromatic N) is 1. The minimum absolute atomic E-state index is 0.00199. The average Bonchev–Trinajstić information content (AvgIpc) is 3.50. The zero-order chi connectivity index (χ0) is 25.2. The van der Waals surface area contributed by atoms with E-state index in [4.69, 9.17) is 9.84 Å². The van der Waals surface area contributed by atoms with Gasteiger partial charge in [0.1, 0.15) is 17.2 Å². The van der Waals surface area contributed by atoms with Crippen LogP contribution in [-0.4, -0.2) is 41.5 Å². The Morgan fingerprint density at radius 2 is 2.00 bits per heavy atom. The first kappa shape index (κ1) is 25.0. The van der Waals surface area contributed by atoms with Crippen molar-refractivity contribution in [3.05, 3.63) is 69.3 Å². The molecule has 0 bridgehead atoms. The molecule has 2 heterocycles. The second-order valence-corrected chi connectivity index (χ2v) is 9.54. The van der Waals surface area contributed by atoms with Gasteiger partial charge < -0.3 is 20.1 Å². The minimum atomic E-state index is -4.46. The van der Waals surface area contributed by atoms with Crippen molar-refractivity contribution in [1.29, 1.82) is 0 Å². The molecular weight excluding hydrogens is 481 g/mol. The molecule has 0 fully saturated rings. The van der Waals surface area contributed by atoms with Crippen LogP contribution in [-0.2, 0) is 27.1 Å². The smallest absolute Gasteiger partial charge is 0.426 e. The number of benzene rings is 1. The molecule has 1 aliphatic carbocycles. The Hall–Kier alpha value is -3.11. The number of ether oxygens (including phenoxy) is 1. The van der Waals surface area contributed by atoms with E-state index < -0.39 is 17.0 Å². The van der Waals surface area contributed by atoms with E-state index in [9.17, 15) is 22.8 Å². The first-order chi connectivity index (χ1) is 16.6. The fraction of sp³-hybridized carbons (Fsp3) is 0.360. The molecule has 1 aromatic heterocycles. The number of hydrogen-bond acceptors (Lipinski definition) is 5. The van der Waals surface area contributed by atoms with Gasteiger partial charge in [-0.25, -0.2) is 0 Å². The van der Waals surface area contributed by atoms with E-state index in [1.54, 1.807) is 35.2 Å². The van der Waals surface area contributed by atoms with Crippen LogP contribution < -0.4 is 5.32 Å². The number of halogens is 3. The lowest BCUT2D eigenvalue weighted by Gasteiger charge is -2.24. The lowest BCUT2D eigenvalue weighted by atomic mass is 10.1. The minimum Gasteiger partial charge on any atom is -0.492 e. The van der Waals surface area contributed by atoms with Crippen molar-refractivity contribution in [3.8, 4) is 11.1 Å². The maximum absolute atomic E-state index is 13.7. The molecule has 2 aromatic rings. The maximum Gasteiger partial charge on any atom is 0.426 e. The number of carboxylic acid groups (broad SMARTS) is 1. The van der Waals surface area contributed by atoms with Crippen molar-refractivity contribution < 1.29 is 32.6 Å². The molecule has 1 atom stereocenters. The summed E-state index contributed by atoms with van der Waals surface area (Å²) in [7, 11) is 0. The van der Waals surface area contributed by atoms with Crippen LogP contribution in [0.3, 0.4) is 0 Å². The second kappa shape index (κ2) is 10.2. The molecule has 10 heteroatoms. The Bertz CT molecular complexity index is 1170. The molecule has 2 aliphatic rings. The molecule has 186 valence electrons. The monoisotopic (exact) mass is 506 g/mol. The predicted octanol–water partition coefficient (Wildman–Crippen LogP) is 5.03. The number of alkyl halides is 3. The topological polar surface area (TPSA) is 78.9 Å². The van der Waals surface area contributed by atoms with E-state index in [-0.39, 0.29) is 43.5 Å². The van der Waals surface area contributed by atoms with E-state index >= 15 is 0 Å². The van der Waals surface area contributed by atoms with Crippen molar-refractivity contribution in [1.82, 2.24) is 10.2 Å². The molecule has 0 saturated carbocycles. The van der Waals surface area contributed by atoms with Gasteiger partial charge in [-0.3, -0.25) is 9.59 Å². The fourth-order valence-corrected chi connectivity index (χ4v) is 5.32. The first-order valence-corrected chi connectivity index (χ1v) is 12.0. The van der Waals surface area contributed by atoms with E-state index in [2.05, 4.69) is 5.32 Å². The SMILES string of the molecule is CC1C(OCc2cc(-c3ccccc3)c(C(F)(F)F)s2)=CC2=C1N(C(=O)CNCCC(=O)O)CC2. The third kappa shape index (κ3) is 5.59. The Kier molecular flexibility index (Phi) is 7.32. The summed E-state index contributed by atoms with van der Waals surface area (Å²) >= 11 is 0.680. The Morgan fingerprint density at radius 3 is 2.69 bits per heavy atom. The summed E-state index contributed by atoms with van der Waals surface area (Å²) < 4.78 is 46.9. The number of nitrogens with one attached hydrogen (secondary N) is 1. The van der Waals surface area contributed by atoms with Gasteiger partial charge in [-0.05, 0) is 36.6 Å². The van der Waals surface area contributed by atoms with Crippen LogP contribution in [0.5, 0.6) is 0 Å². The molecule has 0 radical (unpaired) electrons. The second-order valence-electron chi connectivity index (χ2n) is 8.40. The van der Waals surface area contributed by atoms with Crippen molar-refractivity contribution in [2.75, 3.05) is 19.6 Å². The number of carbonyl (C=O) groups excluding carboxylic acids is 1. The summed E-state index contributed by atoms with van der Waals surface area (Å²) in [6.45, 7) is 2.68. The van der Waals surface area contributed by atoms with Crippen LogP contribution in [0, 0.1) is 5.92 Å². The number of allylic oxidation sites excluding steroid dienone is 1. The lowest BCUT2D eigenvalue weighted by molar-refractivity contribution is -0.137. The molecule has 0 saturated heterocycles. The maximum atomic E-state index is 13.7. The molecule has 1 amide bonds. The van der Waals surface area contributed by atoms with E-state index in [0.717, 1.165) is 11.3 Å². The largest absolute Gasteiger partial charge is 0.492 e. The number of hydrogen-bond donors (Lipinski definition) is 2. The van der Waals surface area contributed by atoms with Crippen molar-refractivity contribution in [2.45, 2.75) is 32.5 Å². The molecule has 4 rings (SSSR count). The molecule has 6 nitrogen and oxygen atoms in total. The van der Waals surface area contributed by atoms with Gasteiger partial charge in [0.15, 0.2) is 0 Å². The van der Waals surface area contributed by atoms with Crippen LogP contribution in [0.25, 0.3) is 11.1 Å². The summed E-state index contributed by atoms with van der Waals surface area (Å²) in [6.07, 6.45) is -1.98. The fourth-order valence-electron chi connectivity index (χ4n) is 4.37. The van der Waals surface area contributed by atoms with Crippen molar-refractivity contribution in [3.63, 3.8) is 0 Å². The van der Waals surface area contributed by atoms with Gasteiger partial charge in [0.25, 0.3) is 0 Å². The Labute approximate surface area is 204 Å². The standard InChI is InChI=1S/C25H25F3N2O4S/c1-15-20(11-17-8-10-30(23(15)17)21(31)13-29-9-7-22(32)33)34-14-18-12-19(16-5-3-2-4-6-16)24(35-18)25(26,27)28/h2-6,11-12,15,29H,7-10,13-14H2,1H3,(H,32,33). The summed E-state index contributed by atoms with van der Waals surface area (Å²) in [4.78, 5) is 24.8. The number of carboxylic acids is 1. The molecule has 0 spiro atoms.